The molecule has 0 amide bonds. The number of carbonyl (C=O) groups excluding carboxylic acids is 2. The molecule has 9 heteroatoms. The zero-order valence-corrected chi connectivity index (χ0v) is 11.8. The molecule has 2 rings (SSSR count). The Hall–Kier alpha value is -2.93. The molecule has 0 aliphatic rings. The second-order valence-electron chi connectivity index (χ2n) is 4.26. The fourth-order valence-corrected chi connectivity index (χ4v) is 1.90. The van der Waals surface area contributed by atoms with Gasteiger partial charge < -0.3 is 4.74 Å². The number of nitrogens with zero attached hydrogens (tertiary/aromatic N) is 3. The number of rotatable bonds is 4. The summed E-state index contributed by atoms with van der Waals surface area (Å²) in [5.41, 5.74) is -1.62. The number of hydrogen-bond acceptors (Lipinski definition) is 5. The second-order valence-corrected chi connectivity index (χ2v) is 4.26. The first kappa shape index (κ1) is 16.4. The highest BCUT2D eigenvalue weighted by atomic mass is 19.4. The topological polar surface area (TPSA) is 73.5 Å². The zero-order chi connectivity index (χ0) is 17.0. The van der Waals surface area contributed by atoms with E-state index in [1.807, 2.05) is 0 Å². The summed E-state index contributed by atoms with van der Waals surface area (Å²) >= 11 is 0. The highest BCUT2D eigenvalue weighted by molar-refractivity contribution is 5.90. The first-order valence-corrected chi connectivity index (χ1v) is 6.39. The third-order valence-electron chi connectivity index (χ3n) is 2.80. The minimum absolute atomic E-state index is 0.0534. The Labute approximate surface area is 128 Å². The number of hydrogen-bond donors (Lipinski definition) is 0. The maximum atomic E-state index is 13.3. The molecule has 23 heavy (non-hydrogen) atoms. The van der Waals surface area contributed by atoms with Crippen LogP contribution >= 0.6 is 0 Å². The predicted molar refractivity (Wildman–Crippen MR) is 72.3 cm³/mol. The highest BCUT2D eigenvalue weighted by Crippen LogP contribution is 2.34. The lowest BCUT2D eigenvalue weighted by atomic mass is 10.2. The fraction of sp³-hybridized carbons (Fsp3) is 0.214. The number of isocyanates is 1. The van der Waals surface area contributed by atoms with Crippen molar-refractivity contribution in [3.05, 3.63) is 41.7 Å². The summed E-state index contributed by atoms with van der Waals surface area (Å²) in [6, 6.07) is 5.22. The summed E-state index contributed by atoms with van der Waals surface area (Å²) in [7, 11) is 0. The molecule has 0 aliphatic heterocycles. The number of esters is 1. The Balaban J connectivity index is 2.54. The molecule has 0 N–H and O–H groups in total. The van der Waals surface area contributed by atoms with Crippen molar-refractivity contribution in [3.8, 4) is 5.69 Å². The minimum Gasteiger partial charge on any atom is -0.462 e. The van der Waals surface area contributed by atoms with Gasteiger partial charge in [0, 0.05) is 0 Å². The van der Waals surface area contributed by atoms with Crippen molar-refractivity contribution in [2.24, 2.45) is 4.99 Å². The van der Waals surface area contributed by atoms with Gasteiger partial charge in [-0.05, 0) is 31.2 Å². The van der Waals surface area contributed by atoms with E-state index in [1.165, 1.54) is 37.3 Å². The van der Waals surface area contributed by atoms with E-state index in [-0.39, 0.29) is 18.0 Å². The first-order valence-electron chi connectivity index (χ1n) is 6.39. The number of aliphatic imine (C=N–C) groups is 1. The Morgan fingerprint density at radius 3 is 2.52 bits per heavy atom. The van der Waals surface area contributed by atoms with Crippen LogP contribution in [-0.2, 0) is 15.7 Å². The molecule has 120 valence electrons. The van der Waals surface area contributed by atoms with Crippen LogP contribution in [0.15, 0.2) is 35.5 Å². The van der Waals surface area contributed by atoms with Gasteiger partial charge in [-0.15, -0.1) is 0 Å². The molecule has 0 aliphatic carbocycles. The van der Waals surface area contributed by atoms with Crippen LogP contribution in [0.3, 0.4) is 0 Å². The van der Waals surface area contributed by atoms with E-state index in [9.17, 15) is 22.8 Å². The summed E-state index contributed by atoms with van der Waals surface area (Å²) in [6.07, 6.45) is -2.68. The van der Waals surface area contributed by atoms with Gasteiger partial charge in [0.15, 0.2) is 5.69 Å². The van der Waals surface area contributed by atoms with Crippen LogP contribution in [0.25, 0.3) is 5.69 Å². The number of halogens is 3. The first-order chi connectivity index (χ1) is 10.9. The lowest BCUT2D eigenvalue weighted by molar-refractivity contribution is -0.143. The quantitative estimate of drug-likeness (QED) is 0.492. The van der Waals surface area contributed by atoms with E-state index in [1.54, 1.807) is 0 Å². The molecule has 0 saturated carbocycles. The van der Waals surface area contributed by atoms with Gasteiger partial charge in [0.1, 0.15) is 5.56 Å². The molecule has 1 aromatic heterocycles. The molecule has 0 spiro atoms. The molecule has 6 nitrogen and oxygen atoms in total. The van der Waals surface area contributed by atoms with Crippen molar-refractivity contribution in [2.75, 3.05) is 6.61 Å². The van der Waals surface area contributed by atoms with Crippen molar-refractivity contribution >= 4 is 17.7 Å². The van der Waals surface area contributed by atoms with E-state index in [0.29, 0.717) is 4.68 Å². The second kappa shape index (κ2) is 6.45. The molecule has 0 atom stereocenters. The molecular weight excluding hydrogens is 315 g/mol. The van der Waals surface area contributed by atoms with Crippen LogP contribution < -0.4 is 0 Å². The molecule has 0 unspecified atom stereocenters. The third-order valence-corrected chi connectivity index (χ3v) is 2.80. The minimum atomic E-state index is -4.81. The Kier molecular flexibility index (Phi) is 4.61. The summed E-state index contributed by atoms with van der Waals surface area (Å²) < 4.78 is 45.1. The Bertz CT molecular complexity index is 760. The van der Waals surface area contributed by atoms with Gasteiger partial charge in [-0.25, -0.2) is 14.3 Å². The van der Waals surface area contributed by atoms with Gasteiger partial charge in [-0.2, -0.15) is 23.3 Å². The fourth-order valence-electron chi connectivity index (χ4n) is 1.90. The number of alkyl halides is 3. The summed E-state index contributed by atoms with van der Waals surface area (Å²) in [4.78, 5) is 25.1. The summed E-state index contributed by atoms with van der Waals surface area (Å²) in [5.74, 6) is -1.10. The van der Waals surface area contributed by atoms with E-state index in [4.69, 9.17) is 0 Å². The van der Waals surface area contributed by atoms with E-state index < -0.39 is 23.4 Å². The lowest BCUT2D eigenvalue weighted by Gasteiger charge is -2.12. The van der Waals surface area contributed by atoms with Crippen LogP contribution in [0, 0.1) is 0 Å². The standard InChI is InChI=1S/C14H10F3N3O3/c1-2-23-13(22)11-7-19-20(12(11)14(15,16)17)10-5-3-9(4-6-10)18-8-21/h3-7H,2H2,1H3. The third kappa shape index (κ3) is 3.46. The van der Waals surface area contributed by atoms with Crippen LogP contribution in [0.1, 0.15) is 23.0 Å². The number of aromatic nitrogens is 2. The van der Waals surface area contributed by atoms with Gasteiger partial charge in [0.25, 0.3) is 0 Å². The van der Waals surface area contributed by atoms with E-state index >= 15 is 0 Å². The molecule has 0 bridgehead atoms. The maximum absolute atomic E-state index is 13.3. The molecule has 1 aromatic carbocycles. The summed E-state index contributed by atoms with van der Waals surface area (Å²) in [5, 5.41) is 3.62. The maximum Gasteiger partial charge on any atom is 0.434 e. The van der Waals surface area contributed by atoms with Gasteiger partial charge >= 0.3 is 12.1 Å². The van der Waals surface area contributed by atoms with Gasteiger partial charge in [-0.3, -0.25) is 0 Å². The van der Waals surface area contributed by atoms with Crippen LogP contribution in [0.5, 0.6) is 0 Å². The summed E-state index contributed by atoms with van der Waals surface area (Å²) in [6.45, 7) is 1.43. The van der Waals surface area contributed by atoms with Crippen LogP contribution in [0.4, 0.5) is 18.9 Å². The molecule has 0 fully saturated rings. The van der Waals surface area contributed by atoms with Gasteiger partial charge in [0.05, 0.1) is 24.2 Å². The van der Waals surface area contributed by atoms with Crippen molar-refractivity contribution in [2.45, 2.75) is 13.1 Å². The highest BCUT2D eigenvalue weighted by Gasteiger charge is 2.41. The number of benzene rings is 1. The van der Waals surface area contributed by atoms with Crippen molar-refractivity contribution < 1.29 is 27.5 Å². The van der Waals surface area contributed by atoms with Gasteiger partial charge in [0.2, 0.25) is 6.08 Å². The molecule has 0 saturated heterocycles. The Morgan fingerprint density at radius 1 is 1.35 bits per heavy atom. The SMILES string of the molecule is CCOC(=O)c1cnn(-c2ccc(N=C=O)cc2)c1C(F)(F)F. The molecular formula is C14H10F3N3O3. The van der Waals surface area contributed by atoms with Crippen molar-refractivity contribution in [1.82, 2.24) is 9.78 Å². The van der Waals surface area contributed by atoms with E-state index in [2.05, 4.69) is 14.8 Å². The predicted octanol–water partition coefficient (Wildman–Crippen LogP) is 3.04. The average Bonchev–Trinajstić information content (AvgIpc) is 2.94. The lowest BCUT2D eigenvalue weighted by Crippen LogP contribution is -2.18. The molecule has 1 heterocycles. The number of ether oxygens (including phenoxy) is 1. The van der Waals surface area contributed by atoms with E-state index in [0.717, 1.165) is 6.20 Å². The Morgan fingerprint density at radius 2 is 2.00 bits per heavy atom. The molecule has 0 radical (unpaired) electrons. The largest absolute Gasteiger partial charge is 0.462 e. The smallest absolute Gasteiger partial charge is 0.434 e. The molecule has 2 aromatic rings. The van der Waals surface area contributed by atoms with Crippen molar-refractivity contribution in [1.29, 1.82) is 0 Å². The monoisotopic (exact) mass is 325 g/mol. The van der Waals surface area contributed by atoms with Gasteiger partial charge in [-0.1, -0.05) is 0 Å². The average molecular weight is 325 g/mol. The van der Waals surface area contributed by atoms with Crippen molar-refractivity contribution in [3.63, 3.8) is 0 Å². The van der Waals surface area contributed by atoms with Crippen LogP contribution in [-0.4, -0.2) is 28.4 Å². The zero-order valence-electron chi connectivity index (χ0n) is 11.8. The number of carbonyl (C=O) groups is 1. The van der Waals surface area contributed by atoms with Crippen LogP contribution in [0.2, 0.25) is 0 Å². The normalized spacial score (nSPS) is 11.0.